The predicted octanol–water partition coefficient (Wildman–Crippen LogP) is 2.88. The van der Waals surface area contributed by atoms with Crippen LogP contribution in [0.1, 0.15) is 40.0 Å². The normalized spacial score (nSPS) is 27.2. The fraction of sp³-hybridized carbons (Fsp3) is 0.818. The monoisotopic (exact) mass is 184 g/mol. The van der Waals surface area contributed by atoms with Crippen LogP contribution in [-0.2, 0) is 9.47 Å². The first-order valence-electron chi connectivity index (χ1n) is 5.12. The fourth-order valence-electron chi connectivity index (χ4n) is 1.38. The summed E-state index contributed by atoms with van der Waals surface area (Å²) < 4.78 is 11.1. The van der Waals surface area contributed by atoms with E-state index in [1.54, 1.807) is 0 Å². The van der Waals surface area contributed by atoms with Gasteiger partial charge >= 0.3 is 0 Å². The van der Waals surface area contributed by atoms with E-state index < -0.39 is 0 Å². The molecular weight excluding hydrogens is 164 g/mol. The van der Waals surface area contributed by atoms with Gasteiger partial charge in [-0.25, -0.2) is 0 Å². The summed E-state index contributed by atoms with van der Waals surface area (Å²) in [6.07, 6.45) is 8.12. The maximum Gasteiger partial charge on any atom is 0.163 e. The molecule has 0 saturated carbocycles. The summed E-state index contributed by atoms with van der Waals surface area (Å²) in [7, 11) is 0. The summed E-state index contributed by atoms with van der Waals surface area (Å²) in [5, 5.41) is 0. The quantitative estimate of drug-likeness (QED) is 0.494. The van der Waals surface area contributed by atoms with Crippen molar-refractivity contribution in [3.05, 3.63) is 12.2 Å². The molecule has 0 bridgehead atoms. The van der Waals surface area contributed by atoms with E-state index in [0.717, 1.165) is 6.42 Å². The molecule has 0 aromatic rings. The molecule has 2 heteroatoms. The van der Waals surface area contributed by atoms with Crippen molar-refractivity contribution in [2.24, 2.45) is 0 Å². The molecule has 0 aromatic carbocycles. The molecule has 1 aliphatic heterocycles. The molecule has 2 nitrogen and oxygen atoms in total. The molecule has 1 saturated heterocycles. The number of ether oxygens (including phenoxy) is 2. The number of hydrogen-bond donors (Lipinski definition) is 0. The Morgan fingerprint density at radius 1 is 1.46 bits per heavy atom. The Kier molecular flexibility index (Phi) is 3.94. The molecular formula is C11H20O2. The van der Waals surface area contributed by atoms with E-state index >= 15 is 0 Å². The molecule has 0 aliphatic carbocycles. The van der Waals surface area contributed by atoms with Gasteiger partial charge < -0.3 is 9.47 Å². The first-order valence-corrected chi connectivity index (χ1v) is 5.12. The zero-order valence-corrected chi connectivity index (χ0v) is 8.88. The third kappa shape index (κ3) is 3.92. The second kappa shape index (κ2) is 4.77. The average molecular weight is 184 g/mol. The minimum atomic E-state index is -0.389. The van der Waals surface area contributed by atoms with Gasteiger partial charge in [-0.1, -0.05) is 31.9 Å². The highest BCUT2D eigenvalue weighted by atomic mass is 16.7. The molecule has 13 heavy (non-hydrogen) atoms. The minimum absolute atomic E-state index is 0.159. The molecule has 1 rings (SSSR count). The topological polar surface area (TPSA) is 18.5 Å². The summed E-state index contributed by atoms with van der Waals surface area (Å²) in [5.74, 6) is -0.389. The maximum atomic E-state index is 5.62. The molecule has 76 valence electrons. The first kappa shape index (κ1) is 10.7. The van der Waals surface area contributed by atoms with Crippen LogP contribution in [0.5, 0.6) is 0 Å². The average Bonchev–Trinajstić information content (AvgIpc) is 2.40. The Morgan fingerprint density at radius 3 is 2.77 bits per heavy atom. The van der Waals surface area contributed by atoms with Crippen LogP contribution in [0.4, 0.5) is 0 Å². The van der Waals surface area contributed by atoms with Crippen LogP contribution < -0.4 is 0 Å². The van der Waals surface area contributed by atoms with E-state index in [2.05, 4.69) is 19.1 Å². The molecule has 1 fully saturated rings. The smallest absolute Gasteiger partial charge is 0.163 e. The zero-order chi connectivity index (χ0) is 9.73. The number of unbranched alkanes of at least 4 members (excludes halogenated alkanes) is 2. The van der Waals surface area contributed by atoms with Crippen LogP contribution in [0, 0.1) is 0 Å². The number of hydrogen-bond acceptors (Lipinski definition) is 2. The highest BCUT2D eigenvalue weighted by Gasteiger charge is 2.30. The second-order valence-corrected chi connectivity index (χ2v) is 3.94. The third-order valence-electron chi connectivity index (χ3n) is 2.11. The molecule has 1 heterocycles. The van der Waals surface area contributed by atoms with Crippen molar-refractivity contribution in [1.82, 2.24) is 0 Å². The number of allylic oxidation sites excluding steroid dienone is 1. The van der Waals surface area contributed by atoms with Gasteiger partial charge in [-0.2, -0.15) is 0 Å². The lowest BCUT2D eigenvalue weighted by Gasteiger charge is -2.15. The molecule has 1 aliphatic rings. The van der Waals surface area contributed by atoms with Gasteiger partial charge in [0.2, 0.25) is 0 Å². The molecule has 1 atom stereocenters. The molecule has 0 spiro atoms. The molecule has 0 amide bonds. The summed E-state index contributed by atoms with van der Waals surface area (Å²) in [4.78, 5) is 0. The molecule has 1 unspecified atom stereocenters. The summed E-state index contributed by atoms with van der Waals surface area (Å²) >= 11 is 0. The Morgan fingerprint density at radius 2 is 2.23 bits per heavy atom. The summed E-state index contributed by atoms with van der Waals surface area (Å²) in [6.45, 7) is 6.79. The lowest BCUT2D eigenvalue weighted by atomic mass is 10.2. The van der Waals surface area contributed by atoms with Crippen molar-refractivity contribution >= 4 is 0 Å². The van der Waals surface area contributed by atoms with Crippen molar-refractivity contribution < 1.29 is 9.47 Å². The molecule has 0 radical (unpaired) electrons. The molecule has 0 N–H and O–H groups in total. The Bertz CT molecular complexity index is 173. The van der Waals surface area contributed by atoms with Crippen molar-refractivity contribution in [3.63, 3.8) is 0 Å². The van der Waals surface area contributed by atoms with Crippen LogP contribution >= 0.6 is 0 Å². The Balaban J connectivity index is 2.20. The van der Waals surface area contributed by atoms with Crippen molar-refractivity contribution in [2.75, 3.05) is 6.61 Å². The van der Waals surface area contributed by atoms with E-state index in [1.807, 2.05) is 13.8 Å². The highest BCUT2D eigenvalue weighted by molar-refractivity contribution is 4.92. The maximum absolute atomic E-state index is 5.62. The molecule has 0 aromatic heterocycles. The largest absolute Gasteiger partial charge is 0.347 e. The van der Waals surface area contributed by atoms with Gasteiger partial charge in [0, 0.05) is 0 Å². The minimum Gasteiger partial charge on any atom is -0.347 e. The van der Waals surface area contributed by atoms with Crippen LogP contribution in [0.25, 0.3) is 0 Å². The van der Waals surface area contributed by atoms with E-state index in [4.69, 9.17) is 9.47 Å². The number of rotatable bonds is 4. The first-order chi connectivity index (χ1) is 6.14. The van der Waals surface area contributed by atoms with E-state index in [0.29, 0.717) is 6.61 Å². The van der Waals surface area contributed by atoms with Gasteiger partial charge in [0.15, 0.2) is 5.79 Å². The van der Waals surface area contributed by atoms with Crippen LogP contribution in [-0.4, -0.2) is 18.5 Å². The van der Waals surface area contributed by atoms with Crippen LogP contribution in [0.15, 0.2) is 12.2 Å². The fourth-order valence-corrected chi connectivity index (χ4v) is 1.38. The van der Waals surface area contributed by atoms with Crippen LogP contribution in [0.2, 0.25) is 0 Å². The van der Waals surface area contributed by atoms with Gasteiger partial charge in [0.1, 0.15) is 6.10 Å². The summed E-state index contributed by atoms with van der Waals surface area (Å²) in [5.41, 5.74) is 0. The standard InChI is InChI=1S/C11H20O2/c1-4-5-6-7-8-10-9-12-11(2,3)13-10/h7-8,10H,4-6,9H2,1-3H3/b8-7+. The van der Waals surface area contributed by atoms with Crippen molar-refractivity contribution in [3.8, 4) is 0 Å². The SMILES string of the molecule is CCCC/C=C/C1COC(C)(C)O1. The van der Waals surface area contributed by atoms with E-state index in [1.165, 1.54) is 12.8 Å². The highest BCUT2D eigenvalue weighted by Crippen LogP contribution is 2.22. The predicted molar refractivity (Wildman–Crippen MR) is 53.6 cm³/mol. The van der Waals surface area contributed by atoms with E-state index in [-0.39, 0.29) is 11.9 Å². The van der Waals surface area contributed by atoms with Gasteiger partial charge in [-0.3, -0.25) is 0 Å². The Hall–Kier alpha value is -0.340. The summed E-state index contributed by atoms with van der Waals surface area (Å²) in [6, 6.07) is 0. The lowest BCUT2D eigenvalue weighted by Crippen LogP contribution is -2.20. The van der Waals surface area contributed by atoms with Crippen LogP contribution in [0.3, 0.4) is 0 Å². The van der Waals surface area contributed by atoms with E-state index in [9.17, 15) is 0 Å². The Labute approximate surface area is 80.9 Å². The van der Waals surface area contributed by atoms with Gasteiger partial charge in [0.05, 0.1) is 6.61 Å². The zero-order valence-electron chi connectivity index (χ0n) is 8.88. The van der Waals surface area contributed by atoms with Crippen molar-refractivity contribution in [1.29, 1.82) is 0 Å². The van der Waals surface area contributed by atoms with Gasteiger partial charge in [0.25, 0.3) is 0 Å². The third-order valence-corrected chi connectivity index (χ3v) is 2.11. The van der Waals surface area contributed by atoms with Gasteiger partial charge in [-0.05, 0) is 20.3 Å². The van der Waals surface area contributed by atoms with Gasteiger partial charge in [-0.15, -0.1) is 0 Å². The lowest BCUT2D eigenvalue weighted by molar-refractivity contribution is -0.133. The second-order valence-electron chi connectivity index (χ2n) is 3.94. The van der Waals surface area contributed by atoms with Crippen molar-refractivity contribution in [2.45, 2.75) is 51.9 Å².